The highest BCUT2D eigenvalue weighted by atomic mass is 16.5. The molecular formula is C18H28N4O3. The van der Waals surface area contributed by atoms with Crippen LogP contribution in [0.3, 0.4) is 0 Å². The van der Waals surface area contributed by atoms with Gasteiger partial charge in [-0.1, -0.05) is 6.92 Å². The fraction of sp³-hybridized carbons (Fsp3) is 0.722. The summed E-state index contributed by atoms with van der Waals surface area (Å²) in [5.41, 5.74) is 0. The number of carbonyl (C=O) groups is 2. The molecule has 1 aromatic rings. The number of esters is 1. The SMILES string of the molecule is CCOC(=O)[C@@H]1CC[C@H](NC(=O)N2CC[C@@H](C)[C@@H](n3ccnc3)C2)C1. The molecule has 0 unspecified atom stereocenters. The minimum atomic E-state index is -0.133. The highest BCUT2D eigenvalue weighted by Crippen LogP contribution is 2.29. The van der Waals surface area contributed by atoms with Crippen LogP contribution in [0.4, 0.5) is 4.79 Å². The zero-order valence-corrected chi connectivity index (χ0v) is 15.1. The molecule has 1 aliphatic heterocycles. The maximum atomic E-state index is 12.7. The molecule has 4 atom stereocenters. The van der Waals surface area contributed by atoms with Gasteiger partial charge in [0.05, 0.1) is 24.9 Å². The molecule has 0 aromatic carbocycles. The topological polar surface area (TPSA) is 76.5 Å². The first-order valence-corrected chi connectivity index (χ1v) is 9.28. The Hall–Kier alpha value is -2.05. The molecule has 2 aliphatic rings. The molecule has 1 aromatic heterocycles. The van der Waals surface area contributed by atoms with E-state index in [0.717, 1.165) is 25.8 Å². The molecule has 2 fully saturated rings. The molecule has 1 aliphatic carbocycles. The number of amides is 2. The molecule has 7 heteroatoms. The molecule has 3 rings (SSSR count). The Kier molecular flexibility index (Phi) is 5.60. The Morgan fingerprint density at radius 3 is 2.88 bits per heavy atom. The van der Waals surface area contributed by atoms with E-state index < -0.39 is 0 Å². The lowest BCUT2D eigenvalue weighted by molar-refractivity contribution is -0.147. The quantitative estimate of drug-likeness (QED) is 0.847. The van der Waals surface area contributed by atoms with E-state index in [-0.39, 0.29) is 30.0 Å². The summed E-state index contributed by atoms with van der Waals surface area (Å²) in [7, 11) is 0. The number of piperidine rings is 1. The maximum Gasteiger partial charge on any atom is 0.317 e. The molecular weight excluding hydrogens is 320 g/mol. The van der Waals surface area contributed by atoms with Gasteiger partial charge in [0.15, 0.2) is 0 Å². The van der Waals surface area contributed by atoms with Gasteiger partial charge in [0.25, 0.3) is 0 Å². The maximum absolute atomic E-state index is 12.7. The van der Waals surface area contributed by atoms with Gasteiger partial charge in [-0.05, 0) is 38.5 Å². The van der Waals surface area contributed by atoms with Crippen LogP contribution < -0.4 is 5.32 Å². The summed E-state index contributed by atoms with van der Waals surface area (Å²) < 4.78 is 7.19. The second-order valence-electron chi connectivity index (χ2n) is 7.20. The molecule has 1 N–H and O–H groups in total. The van der Waals surface area contributed by atoms with Gasteiger partial charge in [-0.3, -0.25) is 4.79 Å². The number of likely N-dealkylation sites (tertiary alicyclic amines) is 1. The van der Waals surface area contributed by atoms with Gasteiger partial charge in [-0.15, -0.1) is 0 Å². The summed E-state index contributed by atoms with van der Waals surface area (Å²) in [6.45, 7) is 5.92. The Morgan fingerprint density at radius 1 is 1.32 bits per heavy atom. The van der Waals surface area contributed by atoms with Crippen LogP contribution in [0, 0.1) is 11.8 Å². The lowest BCUT2D eigenvalue weighted by atomic mass is 9.93. The van der Waals surface area contributed by atoms with Crippen LogP contribution >= 0.6 is 0 Å². The number of nitrogens with zero attached hydrogens (tertiary/aromatic N) is 3. The molecule has 138 valence electrons. The number of rotatable bonds is 4. The van der Waals surface area contributed by atoms with Crippen molar-refractivity contribution in [2.24, 2.45) is 11.8 Å². The second-order valence-corrected chi connectivity index (χ2v) is 7.20. The average Bonchev–Trinajstić information content (AvgIpc) is 3.27. The Labute approximate surface area is 148 Å². The minimum Gasteiger partial charge on any atom is -0.466 e. The summed E-state index contributed by atoms with van der Waals surface area (Å²) in [4.78, 5) is 30.5. The Bertz CT molecular complexity index is 589. The summed E-state index contributed by atoms with van der Waals surface area (Å²) in [5, 5.41) is 3.11. The third kappa shape index (κ3) is 4.14. The van der Waals surface area contributed by atoms with E-state index in [4.69, 9.17) is 4.74 Å². The normalized spacial score (nSPS) is 29.4. The van der Waals surface area contributed by atoms with Gasteiger partial charge < -0.3 is 19.5 Å². The van der Waals surface area contributed by atoms with Gasteiger partial charge >= 0.3 is 12.0 Å². The predicted octanol–water partition coefficient (Wildman–Crippen LogP) is 2.21. The van der Waals surface area contributed by atoms with Gasteiger partial charge in [-0.25, -0.2) is 9.78 Å². The van der Waals surface area contributed by atoms with E-state index in [9.17, 15) is 9.59 Å². The van der Waals surface area contributed by atoms with E-state index in [2.05, 4.69) is 21.8 Å². The second kappa shape index (κ2) is 7.89. The predicted molar refractivity (Wildman–Crippen MR) is 92.9 cm³/mol. The number of hydrogen-bond acceptors (Lipinski definition) is 4. The third-order valence-corrected chi connectivity index (χ3v) is 5.49. The Balaban J connectivity index is 1.52. The third-order valence-electron chi connectivity index (χ3n) is 5.49. The van der Waals surface area contributed by atoms with E-state index in [0.29, 0.717) is 25.5 Å². The van der Waals surface area contributed by atoms with Gasteiger partial charge in [0, 0.05) is 31.5 Å². The number of urea groups is 1. The van der Waals surface area contributed by atoms with Crippen LogP contribution in [0.1, 0.15) is 45.6 Å². The lowest BCUT2D eigenvalue weighted by Crippen LogP contribution is -2.50. The molecule has 0 radical (unpaired) electrons. The van der Waals surface area contributed by atoms with Crippen molar-refractivity contribution in [2.45, 2.75) is 51.6 Å². The number of ether oxygens (including phenoxy) is 1. The molecule has 25 heavy (non-hydrogen) atoms. The number of nitrogens with one attached hydrogen (secondary N) is 1. The highest BCUT2D eigenvalue weighted by Gasteiger charge is 2.34. The monoisotopic (exact) mass is 348 g/mol. The van der Waals surface area contributed by atoms with Gasteiger partial charge in [0.1, 0.15) is 0 Å². The average molecular weight is 348 g/mol. The van der Waals surface area contributed by atoms with Crippen LogP contribution in [0.5, 0.6) is 0 Å². The highest BCUT2D eigenvalue weighted by molar-refractivity contribution is 5.76. The molecule has 0 bridgehead atoms. The van der Waals surface area contributed by atoms with Crippen molar-refractivity contribution in [3.63, 3.8) is 0 Å². The number of carbonyl (C=O) groups excluding carboxylic acids is 2. The van der Waals surface area contributed by atoms with Crippen LogP contribution in [-0.2, 0) is 9.53 Å². The molecule has 0 spiro atoms. The van der Waals surface area contributed by atoms with E-state index >= 15 is 0 Å². The van der Waals surface area contributed by atoms with Crippen molar-refractivity contribution >= 4 is 12.0 Å². The fourth-order valence-electron chi connectivity index (χ4n) is 3.94. The van der Waals surface area contributed by atoms with Gasteiger partial charge in [0.2, 0.25) is 0 Å². The Morgan fingerprint density at radius 2 is 2.16 bits per heavy atom. The van der Waals surface area contributed by atoms with Crippen LogP contribution in [0.15, 0.2) is 18.7 Å². The van der Waals surface area contributed by atoms with Crippen molar-refractivity contribution < 1.29 is 14.3 Å². The van der Waals surface area contributed by atoms with Crippen molar-refractivity contribution in [1.82, 2.24) is 19.8 Å². The van der Waals surface area contributed by atoms with E-state index in [1.165, 1.54) is 0 Å². The van der Waals surface area contributed by atoms with E-state index in [1.807, 2.05) is 24.3 Å². The zero-order valence-electron chi connectivity index (χ0n) is 15.1. The smallest absolute Gasteiger partial charge is 0.317 e. The molecule has 1 saturated heterocycles. The summed E-state index contributed by atoms with van der Waals surface area (Å²) in [5.74, 6) is 0.300. The first-order valence-electron chi connectivity index (χ1n) is 9.28. The first kappa shape index (κ1) is 17.8. The number of imidazole rings is 1. The molecule has 7 nitrogen and oxygen atoms in total. The van der Waals surface area contributed by atoms with Crippen molar-refractivity contribution in [2.75, 3.05) is 19.7 Å². The van der Waals surface area contributed by atoms with Crippen LogP contribution in [0.2, 0.25) is 0 Å². The van der Waals surface area contributed by atoms with Crippen molar-refractivity contribution in [3.8, 4) is 0 Å². The molecule has 2 heterocycles. The molecule has 2 amide bonds. The largest absolute Gasteiger partial charge is 0.466 e. The summed E-state index contributed by atoms with van der Waals surface area (Å²) in [6.07, 6.45) is 8.85. The van der Waals surface area contributed by atoms with Crippen molar-refractivity contribution in [3.05, 3.63) is 18.7 Å². The number of hydrogen-bond donors (Lipinski definition) is 1. The summed E-state index contributed by atoms with van der Waals surface area (Å²) in [6, 6.07) is 0.303. The first-order chi connectivity index (χ1) is 12.1. The fourth-order valence-corrected chi connectivity index (χ4v) is 3.94. The summed E-state index contributed by atoms with van der Waals surface area (Å²) >= 11 is 0. The van der Waals surface area contributed by atoms with Crippen LogP contribution in [0.25, 0.3) is 0 Å². The van der Waals surface area contributed by atoms with E-state index in [1.54, 1.807) is 6.20 Å². The van der Waals surface area contributed by atoms with Gasteiger partial charge in [-0.2, -0.15) is 0 Å². The number of aromatic nitrogens is 2. The lowest BCUT2D eigenvalue weighted by Gasteiger charge is -2.38. The zero-order chi connectivity index (χ0) is 17.8. The molecule has 1 saturated carbocycles. The standard InChI is InChI=1S/C18H28N4O3/c1-3-25-17(23)14-4-5-15(10-14)20-18(24)21-8-6-13(2)16(11-21)22-9-7-19-12-22/h7,9,12-16H,3-6,8,10-11H2,1-2H3,(H,20,24)/t13-,14-,15+,16+/m1/s1. The van der Waals surface area contributed by atoms with Crippen LogP contribution in [-0.4, -0.2) is 52.2 Å². The van der Waals surface area contributed by atoms with Crippen molar-refractivity contribution in [1.29, 1.82) is 0 Å². The minimum absolute atomic E-state index is 0.0217.